The first kappa shape index (κ1) is 41.9. The Morgan fingerprint density at radius 3 is 1.84 bits per heavy atom. The van der Waals surface area contributed by atoms with E-state index >= 15 is 0 Å². The van der Waals surface area contributed by atoms with Crippen molar-refractivity contribution in [1.82, 2.24) is 14.7 Å². The number of nitrogens with two attached hydrogens (primary N) is 1. The minimum atomic E-state index is -4.72. The average Bonchev–Trinajstić information content (AvgIpc) is 3.69. The molecular weight excluding hydrogens is 791 g/mol. The Hall–Kier alpha value is -4.39. The van der Waals surface area contributed by atoms with E-state index in [9.17, 15) is 31.1 Å². The van der Waals surface area contributed by atoms with Gasteiger partial charge >= 0.3 is 12.5 Å². The highest BCUT2D eigenvalue weighted by atomic mass is 19.4. The van der Waals surface area contributed by atoms with Crippen molar-refractivity contribution < 1.29 is 35.9 Å². The Kier molecular flexibility index (Phi) is 11.5. The first-order valence-electron chi connectivity index (χ1n) is 22.0. The van der Waals surface area contributed by atoms with Gasteiger partial charge in [0.25, 0.3) is 0 Å². The summed E-state index contributed by atoms with van der Waals surface area (Å²) in [6.07, 6.45) is 1.49. The standard InChI is InChI=1S/C25H27F3N2O2.C24H27F3N2/c1-29-10-7-16(8-11-29)24(31)30-12-9-19-15-23(30)22-14-18(5-6-21(19)22)17-3-2-4-20(13-17)32-25(26,27)28;25-24(26,27)18-3-1-2-15(12-18)16-4-9-21-17-10-11-29(23(14-17)22(21)13-16)20-7-5-19(28)6-8-20/h2-6,13-14,16,19,23H,7-12,15H2,1H3;1-4,9,12-13,17,19-20,23H,5-8,10-11,14,28H2. The zero-order chi connectivity index (χ0) is 42.6. The van der Waals surface area contributed by atoms with Crippen LogP contribution in [-0.2, 0) is 11.0 Å². The summed E-state index contributed by atoms with van der Waals surface area (Å²) in [4.78, 5) is 20.4. The van der Waals surface area contributed by atoms with Crippen LogP contribution in [0.1, 0.15) is 116 Å². The van der Waals surface area contributed by atoms with Crippen LogP contribution in [0.4, 0.5) is 26.3 Å². The van der Waals surface area contributed by atoms with Gasteiger partial charge in [0.15, 0.2) is 0 Å². The summed E-state index contributed by atoms with van der Waals surface area (Å²) < 4.78 is 81.4. The van der Waals surface area contributed by atoms with E-state index in [2.05, 4.69) is 50.7 Å². The van der Waals surface area contributed by atoms with Crippen molar-refractivity contribution in [3.05, 3.63) is 113 Å². The molecule has 0 radical (unpaired) electrons. The zero-order valence-corrected chi connectivity index (χ0v) is 34.5. The van der Waals surface area contributed by atoms with Gasteiger partial charge in [0.2, 0.25) is 5.91 Å². The van der Waals surface area contributed by atoms with Gasteiger partial charge in [-0.05, 0) is 184 Å². The third-order valence-corrected chi connectivity index (χ3v) is 14.5. The third-order valence-electron chi connectivity index (χ3n) is 14.5. The molecule has 4 bridgehead atoms. The van der Waals surface area contributed by atoms with Crippen molar-refractivity contribution in [2.45, 2.75) is 113 Å². The fourth-order valence-electron chi connectivity index (χ4n) is 11.3. The van der Waals surface area contributed by atoms with Crippen molar-refractivity contribution in [3.63, 3.8) is 0 Å². The first-order valence-corrected chi connectivity index (χ1v) is 22.0. The highest BCUT2D eigenvalue weighted by Crippen LogP contribution is 2.52. The topological polar surface area (TPSA) is 62.0 Å². The van der Waals surface area contributed by atoms with Gasteiger partial charge in [0, 0.05) is 30.6 Å². The highest BCUT2D eigenvalue weighted by Gasteiger charge is 2.44. The zero-order valence-electron chi connectivity index (χ0n) is 34.5. The fourth-order valence-corrected chi connectivity index (χ4v) is 11.3. The molecule has 3 saturated heterocycles. The van der Waals surface area contributed by atoms with Gasteiger partial charge in [0.05, 0.1) is 11.6 Å². The molecule has 0 spiro atoms. The molecule has 10 rings (SSSR count). The molecule has 324 valence electrons. The summed E-state index contributed by atoms with van der Waals surface area (Å²) >= 11 is 0. The summed E-state index contributed by atoms with van der Waals surface area (Å²) in [6.45, 7) is 3.80. The summed E-state index contributed by atoms with van der Waals surface area (Å²) in [6, 6.07) is 25.6. The quantitative estimate of drug-likeness (QED) is 0.203. The lowest BCUT2D eigenvalue weighted by Crippen LogP contribution is -2.44. The van der Waals surface area contributed by atoms with Crippen LogP contribution in [-0.4, -0.2) is 72.3 Å². The van der Waals surface area contributed by atoms with Crippen LogP contribution in [0.3, 0.4) is 0 Å². The second-order valence-electron chi connectivity index (χ2n) is 18.2. The number of likely N-dealkylation sites (tertiary alicyclic amines) is 3. The number of hydrogen-bond donors (Lipinski definition) is 1. The summed E-state index contributed by atoms with van der Waals surface area (Å²) in [5.74, 6) is 1.16. The van der Waals surface area contributed by atoms with E-state index in [1.807, 2.05) is 12.1 Å². The smallest absolute Gasteiger partial charge is 0.406 e. The largest absolute Gasteiger partial charge is 0.573 e. The molecule has 4 aromatic carbocycles. The van der Waals surface area contributed by atoms with Gasteiger partial charge in [-0.3, -0.25) is 9.69 Å². The molecule has 6 nitrogen and oxygen atoms in total. The molecule has 1 saturated carbocycles. The predicted octanol–water partition coefficient (Wildman–Crippen LogP) is 11.2. The van der Waals surface area contributed by atoms with Gasteiger partial charge in [0.1, 0.15) is 5.75 Å². The van der Waals surface area contributed by atoms with E-state index in [1.165, 1.54) is 47.4 Å². The molecule has 4 fully saturated rings. The van der Waals surface area contributed by atoms with Gasteiger partial charge in [-0.1, -0.05) is 48.5 Å². The van der Waals surface area contributed by atoms with Crippen LogP contribution in [0.2, 0.25) is 0 Å². The number of ether oxygens (including phenoxy) is 1. The molecule has 12 heteroatoms. The van der Waals surface area contributed by atoms with Crippen LogP contribution in [0.15, 0.2) is 84.9 Å². The number of hydrogen-bond acceptors (Lipinski definition) is 5. The number of rotatable bonds is 5. The molecule has 6 aliphatic rings. The average molecular weight is 845 g/mol. The number of piperidine rings is 3. The maximum absolute atomic E-state index is 13.4. The van der Waals surface area contributed by atoms with Crippen molar-refractivity contribution >= 4 is 5.91 Å². The van der Waals surface area contributed by atoms with E-state index in [4.69, 9.17) is 5.73 Å². The number of alkyl halides is 6. The van der Waals surface area contributed by atoms with Crippen LogP contribution >= 0.6 is 0 Å². The van der Waals surface area contributed by atoms with Gasteiger partial charge in [-0.25, -0.2) is 0 Å². The number of benzene rings is 4. The molecule has 2 N–H and O–H groups in total. The highest BCUT2D eigenvalue weighted by molar-refractivity contribution is 5.80. The van der Waals surface area contributed by atoms with Crippen LogP contribution in [0.5, 0.6) is 5.75 Å². The molecule has 3 aliphatic heterocycles. The monoisotopic (exact) mass is 844 g/mol. The summed E-state index contributed by atoms with van der Waals surface area (Å²) in [5.41, 5.74) is 13.7. The maximum Gasteiger partial charge on any atom is 0.573 e. The normalized spacial score (nSPS) is 26.6. The molecule has 1 amide bonds. The molecule has 4 aromatic rings. The number of amides is 1. The predicted molar refractivity (Wildman–Crippen MR) is 224 cm³/mol. The molecular formula is C49H54F6N4O2. The van der Waals surface area contributed by atoms with Gasteiger partial charge in [-0.15, -0.1) is 13.2 Å². The van der Waals surface area contributed by atoms with Gasteiger partial charge in [-0.2, -0.15) is 13.2 Å². The van der Waals surface area contributed by atoms with E-state index in [0.29, 0.717) is 41.1 Å². The van der Waals surface area contributed by atoms with Crippen molar-refractivity contribution in [2.75, 3.05) is 33.2 Å². The Balaban J connectivity index is 0.000000157. The Bertz CT molecular complexity index is 2230. The summed E-state index contributed by atoms with van der Waals surface area (Å²) in [5, 5.41) is 0. The minimum absolute atomic E-state index is 0.0606. The number of halogens is 6. The number of carbonyl (C=O) groups excluding carboxylic acids is 1. The van der Waals surface area contributed by atoms with E-state index in [0.717, 1.165) is 107 Å². The molecule has 4 unspecified atom stereocenters. The Labute approximate surface area is 354 Å². The van der Waals surface area contributed by atoms with Crippen LogP contribution in [0.25, 0.3) is 22.3 Å². The maximum atomic E-state index is 13.4. The van der Waals surface area contributed by atoms with Crippen molar-refractivity contribution in [1.29, 1.82) is 0 Å². The van der Waals surface area contributed by atoms with E-state index in [-0.39, 0.29) is 23.6 Å². The number of fused-ring (bicyclic) bond motifs is 10. The van der Waals surface area contributed by atoms with Crippen molar-refractivity contribution in [3.8, 4) is 28.0 Å². The fraction of sp³-hybridized carbons (Fsp3) is 0.490. The molecule has 4 atom stereocenters. The van der Waals surface area contributed by atoms with Crippen molar-refractivity contribution in [2.24, 2.45) is 11.7 Å². The number of carbonyl (C=O) groups is 1. The third kappa shape index (κ3) is 8.82. The lowest BCUT2D eigenvalue weighted by atomic mass is 9.87. The SMILES string of the molecule is CN1CCC(C(=O)N2CCC3CC2c2cc(-c4cccc(OC(F)(F)F)c4)ccc23)CC1.NC1CCC(N2CCC3CC2c2cc(-c4cccc(C(F)(F)F)c4)ccc23)CC1. The molecule has 0 aromatic heterocycles. The molecule has 61 heavy (non-hydrogen) atoms. The Morgan fingerprint density at radius 1 is 0.623 bits per heavy atom. The minimum Gasteiger partial charge on any atom is -0.406 e. The van der Waals surface area contributed by atoms with Crippen LogP contribution < -0.4 is 10.5 Å². The molecule has 3 heterocycles. The van der Waals surface area contributed by atoms with Crippen LogP contribution in [0, 0.1) is 5.92 Å². The second-order valence-corrected chi connectivity index (χ2v) is 18.2. The molecule has 3 aliphatic carbocycles. The van der Waals surface area contributed by atoms with E-state index in [1.54, 1.807) is 18.2 Å². The lowest BCUT2D eigenvalue weighted by molar-refractivity contribution is -0.274. The Morgan fingerprint density at radius 2 is 1.20 bits per heavy atom. The number of nitrogens with zero attached hydrogens (tertiary/aromatic N) is 3. The first-order chi connectivity index (χ1) is 29.2. The lowest BCUT2D eigenvalue weighted by Gasteiger charge is -2.42. The van der Waals surface area contributed by atoms with Gasteiger partial charge < -0.3 is 20.3 Å². The van der Waals surface area contributed by atoms with E-state index < -0.39 is 18.1 Å². The summed E-state index contributed by atoms with van der Waals surface area (Å²) in [7, 11) is 2.09. The second kappa shape index (κ2) is 16.7.